The molecular weight excluding hydrogens is 205 g/mol. The van der Waals surface area contributed by atoms with E-state index in [-0.39, 0.29) is 5.82 Å². The Hall–Kier alpha value is -1.35. The molecule has 0 aliphatic carbocycles. The summed E-state index contributed by atoms with van der Waals surface area (Å²) < 4.78 is 13.0. The Labute approximate surface area is 86.2 Å². The SMILES string of the molecule is Cc1c(F)ccc(C=CC(N)=O)c1Cl. The lowest BCUT2D eigenvalue weighted by Crippen LogP contribution is -2.05. The fourth-order valence-corrected chi connectivity index (χ4v) is 1.20. The van der Waals surface area contributed by atoms with Gasteiger partial charge in [-0.2, -0.15) is 0 Å². The predicted molar refractivity (Wildman–Crippen MR) is 54.4 cm³/mol. The van der Waals surface area contributed by atoms with Gasteiger partial charge in [0.25, 0.3) is 0 Å². The van der Waals surface area contributed by atoms with Crippen molar-refractivity contribution in [3.8, 4) is 0 Å². The molecule has 0 heterocycles. The summed E-state index contributed by atoms with van der Waals surface area (Å²) in [5.74, 6) is -0.936. The van der Waals surface area contributed by atoms with Crippen molar-refractivity contribution >= 4 is 23.6 Å². The highest BCUT2D eigenvalue weighted by atomic mass is 35.5. The first-order chi connectivity index (χ1) is 6.52. The van der Waals surface area contributed by atoms with Gasteiger partial charge in [0.1, 0.15) is 5.82 Å². The minimum atomic E-state index is -0.567. The van der Waals surface area contributed by atoms with Gasteiger partial charge in [0.2, 0.25) is 5.91 Å². The molecule has 0 aliphatic rings. The fourth-order valence-electron chi connectivity index (χ4n) is 0.983. The van der Waals surface area contributed by atoms with Crippen LogP contribution in [0.3, 0.4) is 0 Å². The van der Waals surface area contributed by atoms with Gasteiger partial charge in [0.15, 0.2) is 0 Å². The van der Waals surface area contributed by atoms with E-state index in [2.05, 4.69) is 0 Å². The summed E-state index contributed by atoms with van der Waals surface area (Å²) >= 11 is 5.84. The summed E-state index contributed by atoms with van der Waals surface area (Å²) in [6.07, 6.45) is 2.63. The van der Waals surface area contributed by atoms with Crippen molar-refractivity contribution in [1.82, 2.24) is 0 Å². The molecule has 0 aliphatic heterocycles. The van der Waals surface area contributed by atoms with E-state index in [4.69, 9.17) is 17.3 Å². The van der Waals surface area contributed by atoms with Crippen molar-refractivity contribution < 1.29 is 9.18 Å². The van der Waals surface area contributed by atoms with E-state index in [1.165, 1.54) is 24.3 Å². The van der Waals surface area contributed by atoms with Crippen molar-refractivity contribution in [3.63, 3.8) is 0 Å². The molecule has 0 bridgehead atoms. The Morgan fingerprint density at radius 2 is 2.21 bits per heavy atom. The normalized spacial score (nSPS) is 10.8. The first kappa shape index (κ1) is 10.7. The lowest BCUT2D eigenvalue weighted by atomic mass is 10.1. The molecule has 1 rings (SSSR count). The third kappa shape index (κ3) is 2.33. The van der Waals surface area contributed by atoms with Crippen molar-refractivity contribution in [1.29, 1.82) is 0 Å². The highest BCUT2D eigenvalue weighted by molar-refractivity contribution is 6.32. The molecule has 0 unspecified atom stereocenters. The molecular formula is C10H9ClFNO. The summed E-state index contributed by atoms with van der Waals surface area (Å²) in [6, 6.07) is 2.78. The number of amides is 1. The molecule has 0 fully saturated rings. The summed E-state index contributed by atoms with van der Waals surface area (Å²) in [7, 11) is 0. The Balaban J connectivity index is 3.12. The summed E-state index contributed by atoms with van der Waals surface area (Å²) in [5, 5.41) is 0.294. The molecule has 2 nitrogen and oxygen atoms in total. The number of carbonyl (C=O) groups excluding carboxylic acids is 1. The van der Waals surface area contributed by atoms with Crippen LogP contribution in [-0.4, -0.2) is 5.91 Å². The van der Waals surface area contributed by atoms with Crippen LogP contribution in [0.1, 0.15) is 11.1 Å². The molecule has 14 heavy (non-hydrogen) atoms. The van der Waals surface area contributed by atoms with E-state index in [1.54, 1.807) is 6.92 Å². The molecule has 4 heteroatoms. The third-order valence-electron chi connectivity index (χ3n) is 1.78. The molecule has 0 spiro atoms. The van der Waals surface area contributed by atoms with E-state index >= 15 is 0 Å². The van der Waals surface area contributed by atoms with Crippen LogP contribution in [0.15, 0.2) is 18.2 Å². The van der Waals surface area contributed by atoms with Gasteiger partial charge in [0.05, 0.1) is 5.02 Å². The monoisotopic (exact) mass is 213 g/mol. The maximum atomic E-state index is 13.0. The number of nitrogens with two attached hydrogens (primary N) is 1. The van der Waals surface area contributed by atoms with Crippen LogP contribution in [0.2, 0.25) is 5.02 Å². The van der Waals surface area contributed by atoms with Crippen LogP contribution in [0.25, 0.3) is 6.08 Å². The molecule has 0 radical (unpaired) electrons. The van der Waals surface area contributed by atoms with E-state index in [9.17, 15) is 9.18 Å². The molecule has 0 saturated carbocycles. The molecule has 1 aromatic rings. The van der Waals surface area contributed by atoms with E-state index < -0.39 is 5.91 Å². The van der Waals surface area contributed by atoms with Gasteiger partial charge in [-0.15, -0.1) is 0 Å². The smallest absolute Gasteiger partial charge is 0.241 e. The second-order valence-electron chi connectivity index (χ2n) is 2.81. The first-order valence-corrected chi connectivity index (χ1v) is 4.32. The van der Waals surface area contributed by atoms with E-state index in [1.807, 2.05) is 0 Å². The Morgan fingerprint density at radius 1 is 1.57 bits per heavy atom. The zero-order valence-electron chi connectivity index (χ0n) is 7.55. The van der Waals surface area contributed by atoms with Gasteiger partial charge in [-0.1, -0.05) is 17.7 Å². The van der Waals surface area contributed by atoms with Gasteiger partial charge in [-0.05, 0) is 24.6 Å². The Kier molecular flexibility index (Phi) is 3.25. The lowest BCUT2D eigenvalue weighted by Gasteiger charge is -2.02. The molecule has 1 aromatic carbocycles. The highest BCUT2D eigenvalue weighted by Crippen LogP contribution is 2.23. The average molecular weight is 214 g/mol. The van der Waals surface area contributed by atoms with Gasteiger partial charge in [-0.25, -0.2) is 4.39 Å². The van der Waals surface area contributed by atoms with Crippen molar-refractivity contribution in [2.24, 2.45) is 5.73 Å². The highest BCUT2D eigenvalue weighted by Gasteiger charge is 2.05. The number of halogens is 2. The predicted octanol–water partition coefficient (Wildman–Crippen LogP) is 2.29. The van der Waals surface area contributed by atoms with Gasteiger partial charge >= 0.3 is 0 Å². The fraction of sp³-hybridized carbons (Fsp3) is 0.100. The quantitative estimate of drug-likeness (QED) is 0.753. The van der Waals surface area contributed by atoms with Crippen LogP contribution in [-0.2, 0) is 4.79 Å². The van der Waals surface area contributed by atoms with Gasteiger partial charge < -0.3 is 5.73 Å². The number of hydrogen-bond donors (Lipinski definition) is 1. The first-order valence-electron chi connectivity index (χ1n) is 3.94. The van der Waals surface area contributed by atoms with Crippen LogP contribution in [0.5, 0.6) is 0 Å². The van der Waals surface area contributed by atoms with Gasteiger partial charge in [-0.3, -0.25) is 4.79 Å². The zero-order valence-corrected chi connectivity index (χ0v) is 8.31. The van der Waals surface area contributed by atoms with Crippen molar-refractivity contribution in [2.45, 2.75) is 6.92 Å². The summed E-state index contributed by atoms with van der Waals surface area (Å²) in [5.41, 5.74) is 5.85. The molecule has 0 saturated heterocycles. The minimum absolute atomic E-state index is 0.294. The largest absolute Gasteiger partial charge is 0.366 e. The number of hydrogen-bond acceptors (Lipinski definition) is 1. The molecule has 74 valence electrons. The minimum Gasteiger partial charge on any atom is -0.366 e. The van der Waals surface area contributed by atoms with Crippen molar-refractivity contribution in [2.75, 3.05) is 0 Å². The maximum Gasteiger partial charge on any atom is 0.241 e. The summed E-state index contributed by atoms with van der Waals surface area (Å²) in [4.78, 5) is 10.5. The zero-order chi connectivity index (χ0) is 10.7. The second-order valence-corrected chi connectivity index (χ2v) is 3.19. The second kappa shape index (κ2) is 4.24. The number of rotatable bonds is 2. The molecule has 0 atom stereocenters. The molecule has 2 N–H and O–H groups in total. The number of benzene rings is 1. The maximum absolute atomic E-state index is 13.0. The Morgan fingerprint density at radius 3 is 2.79 bits per heavy atom. The number of primary amides is 1. The molecule has 0 aromatic heterocycles. The van der Waals surface area contributed by atoms with Gasteiger partial charge in [0, 0.05) is 11.6 Å². The third-order valence-corrected chi connectivity index (χ3v) is 2.28. The summed E-state index contributed by atoms with van der Waals surface area (Å²) in [6.45, 7) is 1.57. The van der Waals surface area contributed by atoms with Crippen LogP contribution in [0, 0.1) is 12.7 Å². The van der Waals surface area contributed by atoms with Crippen molar-refractivity contribution in [3.05, 3.63) is 40.2 Å². The lowest BCUT2D eigenvalue weighted by molar-refractivity contribution is -0.113. The van der Waals surface area contributed by atoms with E-state index in [0.717, 1.165) is 0 Å². The molecule has 1 amide bonds. The van der Waals surface area contributed by atoms with Crippen LogP contribution in [0.4, 0.5) is 4.39 Å². The topological polar surface area (TPSA) is 43.1 Å². The standard InChI is InChI=1S/C10H9ClFNO/c1-6-8(12)4-2-7(10(6)11)3-5-9(13)14/h2-5H,1H3,(H2,13,14). The van der Waals surface area contributed by atoms with E-state index in [0.29, 0.717) is 16.1 Å². The average Bonchev–Trinajstić information content (AvgIpc) is 2.13. The Bertz CT molecular complexity index is 401. The van der Waals surface area contributed by atoms with Crippen LogP contribution < -0.4 is 5.73 Å². The van der Waals surface area contributed by atoms with Crippen LogP contribution >= 0.6 is 11.6 Å². The number of carbonyl (C=O) groups is 1.